The molecule has 6 rings (SSSR count). The fraction of sp³-hybridized carbons (Fsp3) is 0.464. The van der Waals surface area contributed by atoms with E-state index in [9.17, 15) is 18.0 Å². The molecule has 0 N–H and O–H groups in total. The smallest absolute Gasteiger partial charge is 0.380 e. The van der Waals surface area contributed by atoms with Gasteiger partial charge in [0.15, 0.2) is 12.0 Å². The van der Waals surface area contributed by atoms with E-state index in [-0.39, 0.29) is 42.8 Å². The van der Waals surface area contributed by atoms with Crippen LogP contribution in [0, 0.1) is 0 Å². The lowest BCUT2D eigenvalue weighted by molar-refractivity contribution is -0.138. The molecule has 4 heterocycles. The van der Waals surface area contributed by atoms with Crippen molar-refractivity contribution >= 4 is 11.6 Å². The normalized spacial score (nSPS) is 21.5. The predicted octanol–water partition coefficient (Wildman–Crippen LogP) is 4.19. The summed E-state index contributed by atoms with van der Waals surface area (Å²) in [6.45, 7) is 1.59. The third kappa shape index (κ3) is 4.47. The number of likely N-dealkylation sites (tertiary alicyclic amines) is 1. The van der Waals surface area contributed by atoms with Gasteiger partial charge in [-0.15, -0.1) is 10.2 Å². The Bertz CT molecular complexity index is 1440. The summed E-state index contributed by atoms with van der Waals surface area (Å²) in [5.41, 5.74) is -0.451. The van der Waals surface area contributed by atoms with Gasteiger partial charge in [0.1, 0.15) is 6.33 Å². The average molecular weight is 560 g/mol. The van der Waals surface area contributed by atoms with Crippen molar-refractivity contribution in [1.29, 1.82) is 0 Å². The highest BCUT2D eigenvalue weighted by atomic mass is 19.4. The number of hydrogen-bond donors (Lipinski definition) is 0. The maximum atomic E-state index is 15.8. The number of carbonyl (C=O) groups is 1. The molecule has 12 heteroatoms. The lowest BCUT2D eigenvalue weighted by Gasteiger charge is -2.43. The quantitative estimate of drug-likeness (QED) is 0.405. The van der Waals surface area contributed by atoms with Crippen LogP contribution in [0.1, 0.15) is 51.0 Å². The summed E-state index contributed by atoms with van der Waals surface area (Å²) < 4.78 is 70.7. The number of nitrogens with zero attached hydrogens (tertiary/aromatic N) is 5. The molecule has 0 saturated carbocycles. The number of rotatable bonds is 7. The molecule has 1 amide bonds. The summed E-state index contributed by atoms with van der Waals surface area (Å²) in [6.07, 6.45) is -3.89. The zero-order valence-corrected chi connectivity index (χ0v) is 22.1. The Morgan fingerprint density at radius 3 is 2.65 bits per heavy atom. The first kappa shape index (κ1) is 26.9. The third-order valence-corrected chi connectivity index (χ3v) is 8.29. The third-order valence-electron chi connectivity index (χ3n) is 8.29. The van der Waals surface area contributed by atoms with Gasteiger partial charge in [0.25, 0.3) is 5.91 Å². The number of alkyl halides is 4. The van der Waals surface area contributed by atoms with Crippen LogP contribution in [0.25, 0.3) is 0 Å². The highest BCUT2D eigenvalue weighted by Gasteiger charge is 2.51. The van der Waals surface area contributed by atoms with E-state index in [2.05, 4.69) is 10.2 Å². The Morgan fingerprint density at radius 1 is 1.23 bits per heavy atom. The Balaban J connectivity index is 1.32. The van der Waals surface area contributed by atoms with Crippen LogP contribution in [-0.2, 0) is 41.2 Å². The number of amides is 1. The summed E-state index contributed by atoms with van der Waals surface area (Å²) in [4.78, 5) is 16.9. The maximum absolute atomic E-state index is 15.8. The summed E-state index contributed by atoms with van der Waals surface area (Å²) in [6, 6.07) is 9.47. The van der Waals surface area contributed by atoms with E-state index in [4.69, 9.17) is 9.47 Å². The average Bonchev–Trinajstić information content (AvgIpc) is 3.62. The molecule has 8 nitrogen and oxygen atoms in total. The second kappa shape index (κ2) is 9.93. The molecule has 0 bridgehead atoms. The lowest BCUT2D eigenvalue weighted by atomic mass is 9.74. The molecule has 2 saturated heterocycles. The molecule has 0 aliphatic carbocycles. The number of benzene rings is 2. The van der Waals surface area contributed by atoms with Crippen LogP contribution >= 0.6 is 0 Å². The molecule has 2 atom stereocenters. The van der Waals surface area contributed by atoms with E-state index in [1.807, 2.05) is 4.90 Å². The summed E-state index contributed by atoms with van der Waals surface area (Å²) >= 11 is 0. The van der Waals surface area contributed by atoms with Crippen molar-refractivity contribution in [3.63, 3.8) is 0 Å². The van der Waals surface area contributed by atoms with E-state index in [0.717, 1.165) is 12.5 Å². The fourth-order valence-corrected chi connectivity index (χ4v) is 5.95. The molecular formula is C28H29F4N5O3. The van der Waals surface area contributed by atoms with Crippen molar-refractivity contribution in [2.45, 2.75) is 43.4 Å². The van der Waals surface area contributed by atoms with Crippen molar-refractivity contribution in [2.75, 3.05) is 38.3 Å². The molecule has 0 spiro atoms. The lowest BCUT2D eigenvalue weighted by Crippen LogP contribution is -2.50. The minimum Gasteiger partial charge on any atom is -0.380 e. The summed E-state index contributed by atoms with van der Waals surface area (Å²) in [5.74, 6) is -0.366. The number of aryl methyl sites for hydroxylation is 1. The van der Waals surface area contributed by atoms with Crippen LogP contribution in [0.3, 0.4) is 0 Å². The van der Waals surface area contributed by atoms with Crippen molar-refractivity contribution in [2.24, 2.45) is 7.05 Å². The molecular weight excluding hydrogens is 530 g/mol. The van der Waals surface area contributed by atoms with E-state index >= 15 is 4.39 Å². The Morgan fingerprint density at radius 2 is 2.02 bits per heavy atom. The van der Waals surface area contributed by atoms with Crippen molar-refractivity contribution in [3.8, 4) is 0 Å². The van der Waals surface area contributed by atoms with Gasteiger partial charge in [0.2, 0.25) is 0 Å². The van der Waals surface area contributed by atoms with Gasteiger partial charge in [0, 0.05) is 45.0 Å². The molecule has 2 fully saturated rings. The number of halogens is 4. The minimum atomic E-state index is -4.62. The van der Waals surface area contributed by atoms with Crippen molar-refractivity contribution in [3.05, 3.63) is 76.4 Å². The second-order valence-electron chi connectivity index (χ2n) is 10.8. The van der Waals surface area contributed by atoms with Gasteiger partial charge in [-0.05, 0) is 47.4 Å². The molecule has 3 aliphatic heterocycles. The highest BCUT2D eigenvalue weighted by molar-refractivity contribution is 6.10. The zero-order chi connectivity index (χ0) is 28.2. The highest BCUT2D eigenvalue weighted by Crippen LogP contribution is 2.47. The second-order valence-corrected chi connectivity index (χ2v) is 10.8. The fourth-order valence-electron chi connectivity index (χ4n) is 5.95. The predicted molar refractivity (Wildman–Crippen MR) is 136 cm³/mol. The Kier molecular flexibility index (Phi) is 6.67. The van der Waals surface area contributed by atoms with Crippen LogP contribution in [0.4, 0.5) is 23.2 Å². The first-order valence-corrected chi connectivity index (χ1v) is 13.1. The summed E-state index contributed by atoms with van der Waals surface area (Å²) in [5, 5.41) is 7.69. The number of hydrogen-bond acceptors (Lipinski definition) is 6. The first-order valence-electron chi connectivity index (χ1n) is 13.1. The number of ether oxygens (including phenoxy) is 2. The number of aromatic nitrogens is 3. The van der Waals surface area contributed by atoms with E-state index in [1.54, 1.807) is 44.5 Å². The number of carbonyl (C=O) groups excluding carboxylic acids is 1. The zero-order valence-electron chi connectivity index (χ0n) is 22.1. The van der Waals surface area contributed by atoms with Crippen molar-refractivity contribution < 1.29 is 31.8 Å². The number of fused-ring (bicyclic) bond motifs is 1. The standard InChI is InChI=1S/C28H29F4N5O3/c1-35-16-33-34-25(35)24(29)27(14-40-15-27)18-4-3-5-19(10-18)37-13-22-21(26(37)38)8-17(9-23(22)28(30,31)32)11-36-7-6-20(12-36)39-2/h3-5,8-10,16,20,24H,6-7,11-15H2,1-2H3/t20?,24-/m0/s1. The first-order chi connectivity index (χ1) is 19.1. The van der Waals surface area contributed by atoms with Gasteiger partial charge < -0.3 is 18.9 Å². The van der Waals surface area contributed by atoms with Crippen LogP contribution in [-0.4, -0.2) is 65.1 Å². The van der Waals surface area contributed by atoms with E-state index < -0.39 is 29.2 Å². The number of anilines is 1. The SMILES string of the molecule is COC1CCN(Cc2cc3c(c(C(F)(F)F)c2)CN(c2cccc(C4([C@@H](F)c5nncn5C)COC4)c2)C3=O)C1. The number of methoxy groups -OCH3 is 1. The summed E-state index contributed by atoms with van der Waals surface area (Å²) in [7, 11) is 3.27. The molecule has 2 aromatic carbocycles. The van der Waals surface area contributed by atoms with Crippen LogP contribution in [0.2, 0.25) is 0 Å². The van der Waals surface area contributed by atoms with Crippen LogP contribution in [0.5, 0.6) is 0 Å². The van der Waals surface area contributed by atoms with Gasteiger partial charge in [-0.25, -0.2) is 4.39 Å². The molecule has 1 unspecified atom stereocenters. The van der Waals surface area contributed by atoms with E-state index in [0.29, 0.717) is 36.4 Å². The van der Waals surface area contributed by atoms with Crippen molar-refractivity contribution in [1.82, 2.24) is 19.7 Å². The van der Waals surface area contributed by atoms with E-state index in [1.165, 1.54) is 15.8 Å². The van der Waals surface area contributed by atoms with Crippen LogP contribution in [0.15, 0.2) is 42.7 Å². The minimum absolute atomic E-state index is 0.0434. The van der Waals surface area contributed by atoms with Gasteiger partial charge in [-0.3, -0.25) is 9.69 Å². The molecule has 1 aromatic heterocycles. The van der Waals surface area contributed by atoms with Gasteiger partial charge in [-0.2, -0.15) is 13.2 Å². The molecule has 40 heavy (non-hydrogen) atoms. The van der Waals surface area contributed by atoms with Crippen LogP contribution < -0.4 is 4.90 Å². The molecule has 0 radical (unpaired) electrons. The largest absolute Gasteiger partial charge is 0.416 e. The molecule has 212 valence electrons. The van der Waals surface area contributed by atoms with Gasteiger partial charge >= 0.3 is 6.18 Å². The topological polar surface area (TPSA) is 72.7 Å². The molecule has 3 aliphatic rings. The Labute approximate surface area is 228 Å². The Hall–Kier alpha value is -3.35. The molecule has 3 aromatic rings. The monoisotopic (exact) mass is 559 g/mol. The van der Waals surface area contributed by atoms with Gasteiger partial charge in [0.05, 0.1) is 36.8 Å². The maximum Gasteiger partial charge on any atom is 0.416 e. The van der Waals surface area contributed by atoms with Gasteiger partial charge in [-0.1, -0.05) is 12.1 Å².